The van der Waals surface area contributed by atoms with Gasteiger partial charge in [0.05, 0.1) is 18.4 Å². The van der Waals surface area contributed by atoms with E-state index >= 15 is 0 Å². The molecule has 1 unspecified atom stereocenters. The number of anilines is 2. The summed E-state index contributed by atoms with van der Waals surface area (Å²) in [6, 6.07) is 7.89. The van der Waals surface area contributed by atoms with E-state index in [0.29, 0.717) is 35.8 Å². The maximum absolute atomic E-state index is 13.8. The van der Waals surface area contributed by atoms with Crippen LogP contribution in [0.1, 0.15) is 30.1 Å². The molecule has 1 aliphatic rings. The highest BCUT2D eigenvalue weighted by molar-refractivity contribution is 6.31. The number of carbonyl (C=O) groups excluding carboxylic acids is 3. The highest BCUT2D eigenvalue weighted by Gasteiger charge is 2.35. The van der Waals surface area contributed by atoms with Gasteiger partial charge < -0.3 is 20.3 Å². The van der Waals surface area contributed by atoms with Crippen molar-refractivity contribution in [2.75, 3.05) is 24.3 Å². The number of halogens is 2. The fourth-order valence-corrected chi connectivity index (χ4v) is 3.57. The summed E-state index contributed by atoms with van der Waals surface area (Å²) in [6.07, 6.45) is 1.15. The number of carbonyl (C=O) groups is 3. The van der Waals surface area contributed by atoms with Crippen molar-refractivity contribution in [3.63, 3.8) is 0 Å². The first-order chi connectivity index (χ1) is 14.3. The van der Waals surface area contributed by atoms with Crippen LogP contribution in [0.3, 0.4) is 0 Å². The van der Waals surface area contributed by atoms with E-state index in [4.69, 9.17) is 16.3 Å². The lowest BCUT2D eigenvalue weighted by molar-refractivity contribution is -0.119. The van der Waals surface area contributed by atoms with Gasteiger partial charge in [-0.25, -0.2) is 4.39 Å². The first-order valence-electron chi connectivity index (χ1n) is 9.32. The molecule has 2 aromatic rings. The third-order valence-electron chi connectivity index (χ3n) is 4.75. The minimum absolute atomic E-state index is 0.0386. The lowest BCUT2D eigenvalue weighted by Gasteiger charge is -2.25. The highest BCUT2D eigenvalue weighted by Crippen LogP contribution is 2.28. The minimum Gasteiger partial charge on any atom is -0.496 e. The smallest absolute Gasteiger partial charge is 0.258 e. The van der Waals surface area contributed by atoms with Crippen LogP contribution >= 0.6 is 11.6 Å². The van der Waals surface area contributed by atoms with E-state index in [9.17, 15) is 18.8 Å². The predicted octanol–water partition coefficient (Wildman–Crippen LogP) is 3.69. The fourth-order valence-electron chi connectivity index (χ4n) is 3.40. The summed E-state index contributed by atoms with van der Waals surface area (Å²) in [5.74, 6) is -1.43. The van der Waals surface area contributed by atoms with Gasteiger partial charge in [-0.3, -0.25) is 14.4 Å². The molecule has 0 radical (unpaired) electrons. The highest BCUT2D eigenvalue weighted by atomic mass is 35.5. The van der Waals surface area contributed by atoms with Gasteiger partial charge >= 0.3 is 0 Å². The van der Waals surface area contributed by atoms with Crippen LogP contribution in [0, 0.1) is 5.82 Å². The van der Waals surface area contributed by atoms with Gasteiger partial charge in [0.1, 0.15) is 17.6 Å². The second-order valence-electron chi connectivity index (χ2n) is 6.87. The number of benzene rings is 2. The maximum Gasteiger partial charge on any atom is 0.258 e. The Bertz CT molecular complexity index is 998. The molecule has 1 atom stereocenters. The summed E-state index contributed by atoms with van der Waals surface area (Å²) in [5.41, 5.74) is 0.549. The zero-order valence-electron chi connectivity index (χ0n) is 16.5. The van der Waals surface area contributed by atoms with E-state index < -0.39 is 23.7 Å². The monoisotopic (exact) mass is 433 g/mol. The van der Waals surface area contributed by atoms with E-state index in [1.807, 2.05) is 0 Å². The van der Waals surface area contributed by atoms with Gasteiger partial charge in [-0.2, -0.15) is 0 Å². The molecule has 0 bridgehead atoms. The summed E-state index contributed by atoms with van der Waals surface area (Å²) in [6.45, 7) is 1.67. The van der Waals surface area contributed by atoms with Crippen LogP contribution in [0.5, 0.6) is 5.75 Å². The average molecular weight is 434 g/mol. The maximum atomic E-state index is 13.8. The van der Waals surface area contributed by atoms with Gasteiger partial charge in [0.2, 0.25) is 11.8 Å². The number of nitrogens with one attached hydrogen (secondary N) is 2. The molecule has 3 rings (SSSR count). The predicted molar refractivity (Wildman–Crippen MR) is 111 cm³/mol. The molecule has 0 saturated carbocycles. The van der Waals surface area contributed by atoms with Crippen molar-refractivity contribution in [3.05, 3.63) is 52.8 Å². The zero-order chi connectivity index (χ0) is 21.8. The quantitative estimate of drug-likeness (QED) is 0.752. The average Bonchev–Trinajstić information content (AvgIpc) is 3.19. The number of hydrogen-bond donors (Lipinski definition) is 2. The van der Waals surface area contributed by atoms with Crippen molar-refractivity contribution in [3.8, 4) is 5.75 Å². The number of amides is 3. The molecule has 2 aromatic carbocycles. The van der Waals surface area contributed by atoms with Gasteiger partial charge in [0.15, 0.2) is 0 Å². The molecule has 158 valence electrons. The molecule has 0 spiro atoms. The molecule has 0 aliphatic carbocycles. The molecule has 1 aliphatic heterocycles. The van der Waals surface area contributed by atoms with E-state index in [-0.39, 0.29) is 17.2 Å². The molecule has 30 heavy (non-hydrogen) atoms. The van der Waals surface area contributed by atoms with Crippen molar-refractivity contribution in [2.45, 2.75) is 25.8 Å². The molecule has 1 heterocycles. The summed E-state index contributed by atoms with van der Waals surface area (Å²) in [5, 5.41) is 5.44. The van der Waals surface area contributed by atoms with Gasteiger partial charge in [0.25, 0.3) is 5.91 Å². The van der Waals surface area contributed by atoms with Crippen molar-refractivity contribution < 1.29 is 23.5 Å². The molecule has 1 fully saturated rings. The molecule has 1 saturated heterocycles. The van der Waals surface area contributed by atoms with Crippen molar-refractivity contribution >= 4 is 40.7 Å². The zero-order valence-corrected chi connectivity index (χ0v) is 17.3. The Kier molecular flexibility index (Phi) is 6.56. The van der Waals surface area contributed by atoms with E-state index in [2.05, 4.69) is 10.6 Å². The lowest BCUT2D eigenvalue weighted by atomic mass is 10.1. The van der Waals surface area contributed by atoms with Gasteiger partial charge in [-0.1, -0.05) is 11.6 Å². The Labute approximate surface area is 178 Å². The first-order valence-corrected chi connectivity index (χ1v) is 9.70. The van der Waals surface area contributed by atoms with Crippen LogP contribution < -0.4 is 15.4 Å². The molecular formula is C21H21ClFN3O4. The van der Waals surface area contributed by atoms with Gasteiger partial charge in [-0.15, -0.1) is 0 Å². The third kappa shape index (κ3) is 4.71. The van der Waals surface area contributed by atoms with E-state index in [1.165, 1.54) is 37.1 Å². The molecular weight excluding hydrogens is 413 g/mol. The summed E-state index contributed by atoms with van der Waals surface area (Å²) < 4.78 is 19.1. The van der Waals surface area contributed by atoms with Crippen LogP contribution in [0.15, 0.2) is 36.4 Å². The summed E-state index contributed by atoms with van der Waals surface area (Å²) >= 11 is 6.03. The number of likely N-dealkylation sites (tertiary alicyclic amines) is 1. The number of ether oxygens (including phenoxy) is 1. The summed E-state index contributed by atoms with van der Waals surface area (Å²) in [4.78, 5) is 38.6. The molecule has 7 nitrogen and oxygen atoms in total. The van der Waals surface area contributed by atoms with Crippen molar-refractivity contribution in [1.29, 1.82) is 0 Å². The van der Waals surface area contributed by atoms with Crippen molar-refractivity contribution in [1.82, 2.24) is 4.90 Å². The lowest BCUT2D eigenvalue weighted by Crippen LogP contribution is -2.43. The van der Waals surface area contributed by atoms with E-state index in [1.54, 1.807) is 12.1 Å². The van der Waals surface area contributed by atoms with Crippen LogP contribution in [0.25, 0.3) is 0 Å². The third-order valence-corrected chi connectivity index (χ3v) is 4.99. The Hall–Kier alpha value is -3.13. The van der Waals surface area contributed by atoms with Crippen LogP contribution in [-0.4, -0.2) is 42.3 Å². The van der Waals surface area contributed by atoms with Gasteiger partial charge in [-0.05, 0) is 49.2 Å². The topological polar surface area (TPSA) is 87.7 Å². The molecule has 2 N–H and O–H groups in total. The van der Waals surface area contributed by atoms with Crippen LogP contribution in [-0.2, 0) is 9.59 Å². The molecule has 9 heteroatoms. The SMILES string of the molecule is COc1ccc(Cl)cc1C(=O)N1CCCC1C(=O)Nc1ccc(F)c(NC(C)=O)c1. The largest absolute Gasteiger partial charge is 0.496 e. The Morgan fingerprint density at radius 3 is 2.63 bits per heavy atom. The Morgan fingerprint density at radius 2 is 1.93 bits per heavy atom. The van der Waals surface area contributed by atoms with Crippen LogP contribution in [0.2, 0.25) is 5.02 Å². The van der Waals surface area contributed by atoms with Crippen molar-refractivity contribution in [2.24, 2.45) is 0 Å². The number of hydrogen-bond acceptors (Lipinski definition) is 4. The number of nitrogens with zero attached hydrogens (tertiary/aromatic N) is 1. The first kappa shape index (κ1) is 21.6. The fraction of sp³-hybridized carbons (Fsp3) is 0.286. The standard InChI is InChI=1S/C21H21ClFN3O4/c1-12(27)24-17-11-14(6-7-16(17)23)25-20(28)18-4-3-9-26(18)21(29)15-10-13(22)5-8-19(15)30-2/h5-8,10-11,18H,3-4,9H2,1-2H3,(H,24,27)(H,25,28). The second-order valence-corrected chi connectivity index (χ2v) is 7.30. The second kappa shape index (κ2) is 9.13. The molecule has 3 amide bonds. The number of methoxy groups -OCH3 is 1. The van der Waals surface area contributed by atoms with E-state index in [0.717, 1.165) is 6.07 Å². The van der Waals surface area contributed by atoms with Gasteiger partial charge in [0, 0.05) is 24.2 Å². The van der Waals surface area contributed by atoms with Crippen LogP contribution in [0.4, 0.5) is 15.8 Å². The summed E-state index contributed by atoms with van der Waals surface area (Å²) in [7, 11) is 1.45. The normalized spacial score (nSPS) is 15.6. The molecule has 0 aromatic heterocycles. The Balaban J connectivity index is 1.79. The number of rotatable bonds is 5. The minimum atomic E-state index is -0.699. The Morgan fingerprint density at radius 1 is 1.17 bits per heavy atom.